The highest BCUT2D eigenvalue weighted by Gasteiger charge is 2.40. The van der Waals surface area contributed by atoms with Crippen molar-refractivity contribution >= 4 is 6.09 Å². The third-order valence-corrected chi connectivity index (χ3v) is 5.72. The Morgan fingerprint density at radius 2 is 1.86 bits per heavy atom. The zero-order chi connectivity index (χ0) is 20.7. The maximum Gasteiger partial charge on any atom is 0.410 e. The molecule has 2 aromatic carbocycles. The predicted octanol–water partition coefficient (Wildman–Crippen LogP) is 3.70. The third kappa shape index (κ3) is 2.92. The normalized spacial score (nSPS) is 16.6. The molecule has 0 unspecified atom stereocenters. The van der Waals surface area contributed by atoms with E-state index in [1.807, 2.05) is 12.1 Å². The number of benzene rings is 2. The standard InChI is InChI=1S/C22H25NO6/c1-5-29-22(25)23-7-6-12-10-18(27-3)21(28-4)20-14-11-17(26-2)16(24)9-13(14)8-15(23)19(12)20/h9-11,15,24H,5-8H2,1-4H3/t15-/m1/s1. The molecule has 0 spiro atoms. The molecule has 1 aliphatic heterocycles. The van der Waals surface area contributed by atoms with Crippen molar-refractivity contribution in [3.63, 3.8) is 0 Å². The molecular weight excluding hydrogens is 374 g/mol. The summed E-state index contributed by atoms with van der Waals surface area (Å²) in [6.45, 7) is 2.68. The second kappa shape index (κ2) is 7.39. The number of hydrogen-bond acceptors (Lipinski definition) is 6. The number of rotatable bonds is 4. The topological polar surface area (TPSA) is 77.5 Å². The quantitative estimate of drug-likeness (QED) is 0.845. The largest absolute Gasteiger partial charge is 0.504 e. The first-order valence-corrected chi connectivity index (χ1v) is 9.65. The van der Waals surface area contributed by atoms with Crippen molar-refractivity contribution in [1.82, 2.24) is 4.90 Å². The van der Waals surface area contributed by atoms with Gasteiger partial charge in [-0.2, -0.15) is 0 Å². The van der Waals surface area contributed by atoms with Gasteiger partial charge < -0.3 is 29.0 Å². The van der Waals surface area contributed by atoms with Crippen LogP contribution in [0.2, 0.25) is 0 Å². The van der Waals surface area contributed by atoms with Crippen molar-refractivity contribution in [3.8, 4) is 34.1 Å². The fourth-order valence-corrected chi connectivity index (χ4v) is 4.49. The smallest absolute Gasteiger partial charge is 0.410 e. The Morgan fingerprint density at radius 1 is 1.10 bits per heavy atom. The number of hydrogen-bond donors (Lipinski definition) is 1. The maximum atomic E-state index is 12.6. The average Bonchev–Trinajstić information content (AvgIpc) is 2.72. The summed E-state index contributed by atoms with van der Waals surface area (Å²) < 4.78 is 22.0. The molecule has 1 N–H and O–H groups in total. The molecule has 0 saturated heterocycles. The van der Waals surface area contributed by atoms with Gasteiger partial charge in [0.25, 0.3) is 0 Å². The first kappa shape index (κ1) is 19.2. The van der Waals surface area contributed by atoms with E-state index >= 15 is 0 Å². The summed E-state index contributed by atoms with van der Waals surface area (Å²) in [5, 5.41) is 10.3. The van der Waals surface area contributed by atoms with Crippen molar-refractivity contribution < 1.29 is 28.8 Å². The Hall–Kier alpha value is -3.09. The minimum atomic E-state index is -0.329. The molecule has 1 amide bonds. The molecule has 7 nitrogen and oxygen atoms in total. The molecule has 4 rings (SSSR count). The van der Waals surface area contributed by atoms with E-state index in [-0.39, 0.29) is 17.9 Å². The zero-order valence-electron chi connectivity index (χ0n) is 17.1. The van der Waals surface area contributed by atoms with Crippen LogP contribution in [0, 0.1) is 0 Å². The number of amides is 1. The fourth-order valence-electron chi connectivity index (χ4n) is 4.49. The number of phenolic OH excluding ortho intramolecular Hbond substituents is 1. The summed E-state index contributed by atoms with van der Waals surface area (Å²) in [7, 11) is 4.74. The molecule has 0 radical (unpaired) electrons. The Morgan fingerprint density at radius 3 is 2.52 bits per heavy atom. The third-order valence-electron chi connectivity index (χ3n) is 5.72. The summed E-state index contributed by atoms with van der Waals surface area (Å²) >= 11 is 0. The number of ether oxygens (including phenoxy) is 4. The first-order chi connectivity index (χ1) is 14.0. The Labute approximate surface area is 169 Å². The van der Waals surface area contributed by atoms with Crippen molar-refractivity contribution in [3.05, 3.63) is 34.9 Å². The SMILES string of the molecule is CCOC(=O)N1CCc2cc(OC)c(OC)c3c2[C@H]1Cc1cc(O)c(OC)cc1-3. The highest BCUT2D eigenvalue weighted by molar-refractivity contribution is 5.86. The molecule has 0 fully saturated rings. The number of phenols is 1. The molecule has 1 aliphatic carbocycles. The lowest BCUT2D eigenvalue weighted by atomic mass is 9.76. The van der Waals surface area contributed by atoms with Crippen LogP contribution < -0.4 is 14.2 Å². The van der Waals surface area contributed by atoms with Crippen LogP contribution in [0.1, 0.15) is 29.7 Å². The highest BCUT2D eigenvalue weighted by atomic mass is 16.6. The van der Waals surface area contributed by atoms with Gasteiger partial charge in [0.2, 0.25) is 0 Å². The van der Waals surface area contributed by atoms with Crippen LogP contribution in [0.3, 0.4) is 0 Å². The lowest BCUT2D eigenvalue weighted by molar-refractivity contribution is 0.0861. The number of carbonyl (C=O) groups excluding carboxylic acids is 1. The summed E-state index contributed by atoms with van der Waals surface area (Å²) in [5.74, 6) is 1.70. The van der Waals surface area contributed by atoms with Crippen LogP contribution in [-0.2, 0) is 17.6 Å². The van der Waals surface area contributed by atoms with Crippen LogP contribution >= 0.6 is 0 Å². The second-order valence-electron chi connectivity index (χ2n) is 7.10. The van der Waals surface area contributed by atoms with Gasteiger partial charge in [-0.1, -0.05) is 0 Å². The van der Waals surface area contributed by atoms with E-state index in [4.69, 9.17) is 18.9 Å². The van der Waals surface area contributed by atoms with E-state index in [2.05, 4.69) is 0 Å². The van der Waals surface area contributed by atoms with Crippen molar-refractivity contribution in [1.29, 1.82) is 0 Å². The maximum absolute atomic E-state index is 12.6. The van der Waals surface area contributed by atoms with Gasteiger partial charge in [0.15, 0.2) is 23.0 Å². The van der Waals surface area contributed by atoms with Crippen LogP contribution in [0.4, 0.5) is 4.79 Å². The van der Waals surface area contributed by atoms with E-state index in [0.717, 1.165) is 27.8 Å². The number of nitrogens with zero attached hydrogens (tertiary/aromatic N) is 1. The van der Waals surface area contributed by atoms with E-state index in [9.17, 15) is 9.90 Å². The van der Waals surface area contributed by atoms with E-state index in [0.29, 0.717) is 43.2 Å². The fraction of sp³-hybridized carbons (Fsp3) is 0.409. The Balaban J connectivity index is 1.99. The van der Waals surface area contributed by atoms with Gasteiger partial charge in [-0.25, -0.2) is 4.79 Å². The number of aromatic hydroxyl groups is 1. The van der Waals surface area contributed by atoms with Gasteiger partial charge in [-0.15, -0.1) is 0 Å². The minimum absolute atomic E-state index is 0.0651. The van der Waals surface area contributed by atoms with Crippen LogP contribution in [0.15, 0.2) is 18.2 Å². The van der Waals surface area contributed by atoms with E-state index < -0.39 is 0 Å². The Bertz CT molecular complexity index is 971. The number of fused-ring (bicyclic) bond motifs is 2. The van der Waals surface area contributed by atoms with Crippen molar-refractivity contribution in [2.24, 2.45) is 0 Å². The van der Waals surface area contributed by atoms with Gasteiger partial charge in [-0.05, 0) is 60.2 Å². The molecular formula is C22H25NO6. The summed E-state index contributed by atoms with van der Waals surface area (Å²) in [6.07, 6.45) is 0.939. The lowest BCUT2D eigenvalue weighted by Gasteiger charge is -2.41. The van der Waals surface area contributed by atoms with Gasteiger partial charge in [0, 0.05) is 12.1 Å². The molecule has 7 heteroatoms. The van der Waals surface area contributed by atoms with Crippen LogP contribution in [0.25, 0.3) is 11.1 Å². The molecule has 1 atom stereocenters. The first-order valence-electron chi connectivity index (χ1n) is 9.65. The van der Waals surface area contributed by atoms with Gasteiger partial charge in [0.05, 0.1) is 34.0 Å². The van der Waals surface area contributed by atoms with Crippen molar-refractivity contribution in [2.45, 2.75) is 25.8 Å². The summed E-state index contributed by atoms with van der Waals surface area (Å²) in [4.78, 5) is 14.4. The van der Waals surface area contributed by atoms with Gasteiger partial charge in [0.1, 0.15) is 0 Å². The van der Waals surface area contributed by atoms with Crippen molar-refractivity contribution in [2.75, 3.05) is 34.5 Å². The van der Waals surface area contributed by atoms with Crippen LogP contribution in [-0.4, -0.2) is 50.6 Å². The molecule has 0 saturated carbocycles. The number of carbonyl (C=O) groups is 1. The zero-order valence-corrected chi connectivity index (χ0v) is 17.1. The average molecular weight is 399 g/mol. The minimum Gasteiger partial charge on any atom is -0.504 e. The molecule has 2 aliphatic rings. The molecule has 2 aromatic rings. The monoisotopic (exact) mass is 399 g/mol. The molecule has 1 heterocycles. The van der Waals surface area contributed by atoms with E-state index in [1.54, 1.807) is 32.1 Å². The lowest BCUT2D eigenvalue weighted by Crippen LogP contribution is -2.42. The predicted molar refractivity (Wildman–Crippen MR) is 107 cm³/mol. The van der Waals surface area contributed by atoms with Crippen LogP contribution in [0.5, 0.6) is 23.0 Å². The molecule has 0 aromatic heterocycles. The Kier molecular flexibility index (Phi) is 4.90. The van der Waals surface area contributed by atoms with Gasteiger partial charge in [-0.3, -0.25) is 0 Å². The molecule has 154 valence electrons. The highest BCUT2D eigenvalue weighted by Crippen LogP contribution is 2.54. The molecule has 0 bridgehead atoms. The summed E-state index contributed by atoms with van der Waals surface area (Å²) in [5.41, 5.74) is 4.87. The van der Waals surface area contributed by atoms with Gasteiger partial charge >= 0.3 is 6.09 Å². The molecule has 29 heavy (non-hydrogen) atoms. The summed E-state index contributed by atoms with van der Waals surface area (Å²) in [6, 6.07) is 5.32. The second-order valence-corrected chi connectivity index (χ2v) is 7.10. The van der Waals surface area contributed by atoms with E-state index in [1.165, 1.54) is 7.11 Å². The number of methoxy groups -OCH3 is 3.